The Hall–Kier alpha value is -0.480. The highest BCUT2D eigenvalue weighted by atomic mass is 14.9. The quantitative estimate of drug-likeness (QED) is 0.586. The fourth-order valence-electron chi connectivity index (χ4n) is 0.510. The summed E-state index contributed by atoms with van der Waals surface area (Å²) >= 11 is 0. The second-order valence-electron chi connectivity index (χ2n) is 3.54. The van der Waals surface area contributed by atoms with Crippen molar-refractivity contribution in [1.82, 2.24) is 5.32 Å². The minimum Gasteiger partial charge on any atom is -0.301 e. The molecule has 0 aromatic carbocycles. The van der Waals surface area contributed by atoms with Crippen molar-refractivity contribution in [3.63, 3.8) is 0 Å². The normalized spacial score (nSPS) is 11.6. The summed E-state index contributed by atoms with van der Waals surface area (Å²) < 4.78 is 0. The van der Waals surface area contributed by atoms with Gasteiger partial charge in [0.05, 0.1) is 5.54 Å². The Balaban J connectivity index is 3.60. The van der Waals surface area contributed by atoms with Crippen LogP contribution in [0.2, 0.25) is 0 Å². The summed E-state index contributed by atoms with van der Waals surface area (Å²) in [7, 11) is 0. The molecule has 0 aliphatic heterocycles. The molecule has 0 spiro atoms. The van der Waals surface area contributed by atoms with Crippen LogP contribution in [0.25, 0.3) is 0 Å². The fraction of sp³-hybridized carbons (Fsp3) is 0.778. The molecule has 0 fully saturated rings. The fourth-order valence-corrected chi connectivity index (χ4v) is 0.510. The van der Waals surface area contributed by atoms with Gasteiger partial charge in [-0.2, -0.15) is 0 Å². The lowest BCUT2D eigenvalue weighted by Crippen LogP contribution is -2.39. The van der Waals surface area contributed by atoms with Gasteiger partial charge in [0.25, 0.3) is 0 Å². The van der Waals surface area contributed by atoms with Crippen LogP contribution in [-0.2, 0) is 0 Å². The lowest BCUT2D eigenvalue weighted by molar-refractivity contribution is 0.443. The molecule has 1 heteroatoms. The van der Waals surface area contributed by atoms with Gasteiger partial charge in [-0.25, -0.2) is 0 Å². The molecule has 0 aliphatic rings. The van der Waals surface area contributed by atoms with Gasteiger partial charge in [-0.3, -0.25) is 0 Å². The van der Waals surface area contributed by atoms with Crippen LogP contribution >= 0.6 is 0 Å². The maximum absolute atomic E-state index is 5.28. The van der Waals surface area contributed by atoms with Crippen LogP contribution in [-0.4, -0.2) is 12.1 Å². The van der Waals surface area contributed by atoms with Crippen molar-refractivity contribution < 1.29 is 0 Å². The number of hydrogen-bond acceptors (Lipinski definition) is 1. The van der Waals surface area contributed by atoms with Gasteiger partial charge < -0.3 is 5.32 Å². The summed E-state index contributed by atoms with van der Waals surface area (Å²) in [6.45, 7) is 9.33. The zero-order valence-corrected chi connectivity index (χ0v) is 7.36. The summed E-state index contributed by atoms with van der Waals surface area (Å²) in [5.41, 5.74) is -0.149. The smallest absolute Gasteiger partial charge is 0.0741 e. The van der Waals surface area contributed by atoms with Crippen molar-refractivity contribution in [3.05, 3.63) is 0 Å². The molecule has 1 N–H and O–H groups in total. The third kappa shape index (κ3) is 4.40. The van der Waals surface area contributed by atoms with Gasteiger partial charge >= 0.3 is 0 Å². The Morgan fingerprint density at radius 2 is 2.00 bits per heavy atom. The van der Waals surface area contributed by atoms with Crippen LogP contribution in [0.3, 0.4) is 0 Å². The number of nitrogens with one attached hydrogen (secondary N) is 1. The molecule has 0 aromatic heterocycles. The Morgan fingerprint density at radius 3 is 2.30 bits per heavy atom. The van der Waals surface area contributed by atoms with Gasteiger partial charge in [-0.15, -0.1) is 6.42 Å². The summed E-state index contributed by atoms with van der Waals surface area (Å²) in [6.07, 6.45) is 5.28. The topological polar surface area (TPSA) is 12.0 Å². The van der Waals surface area contributed by atoms with E-state index < -0.39 is 0 Å². The highest BCUT2D eigenvalue weighted by molar-refractivity contribution is 5.07. The third-order valence-electron chi connectivity index (χ3n) is 1.31. The maximum atomic E-state index is 5.28. The monoisotopic (exact) mass is 139 g/mol. The second-order valence-corrected chi connectivity index (χ2v) is 3.54. The molecule has 0 aromatic rings. The van der Waals surface area contributed by atoms with Gasteiger partial charge in [0.2, 0.25) is 0 Å². The molecule has 0 saturated heterocycles. The number of hydrogen-bond donors (Lipinski definition) is 1. The van der Waals surface area contributed by atoms with E-state index in [0.717, 1.165) is 6.54 Å². The lowest BCUT2D eigenvalue weighted by atomic mass is 10.1. The standard InChI is InChI=1S/C9H17N/c1-6-9(4,5)10-7-8(2)3/h1,8,10H,7H2,2-5H3. The predicted octanol–water partition coefficient (Wildman–Crippen LogP) is 1.64. The molecule has 0 rings (SSSR count). The van der Waals surface area contributed by atoms with E-state index in [1.54, 1.807) is 0 Å². The van der Waals surface area contributed by atoms with E-state index >= 15 is 0 Å². The van der Waals surface area contributed by atoms with Crippen molar-refractivity contribution in [2.45, 2.75) is 33.2 Å². The van der Waals surface area contributed by atoms with E-state index in [4.69, 9.17) is 6.42 Å². The third-order valence-corrected chi connectivity index (χ3v) is 1.31. The average molecular weight is 139 g/mol. The van der Waals surface area contributed by atoms with Gasteiger partial charge in [0.1, 0.15) is 0 Å². The van der Waals surface area contributed by atoms with Crippen LogP contribution in [0.1, 0.15) is 27.7 Å². The second kappa shape index (κ2) is 3.63. The first kappa shape index (κ1) is 9.52. The van der Waals surface area contributed by atoms with E-state index in [2.05, 4.69) is 25.1 Å². The Bertz CT molecular complexity index is 128. The van der Waals surface area contributed by atoms with E-state index in [9.17, 15) is 0 Å². The predicted molar refractivity (Wildman–Crippen MR) is 45.8 cm³/mol. The minimum atomic E-state index is -0.149. The van der Waals surface area contributed by atoms with Gasteiger partial charge in [-0.05, 0) is 26.3 Å². The molecule has 1 nitrogen and oxygen atoms in total. The summed E-state index contributed by atoms with van der Waals surface area (Å²) in [6, 6.07) is 0. The number of terminal acetylenes is 1. The molecular weight excluding hydrogens is 122 g/mol. The molecule has 0 radical (unpaired) electrons. The zero-order valence-electron chi connectivity index (χ0n) is 7.36. The Morgan fingerprint density at radius 1 is 1.50 bits per heavy atom. The lowest BCUT2D eigenvalue weighted by Gasteiger charge is -2.20. The van der Waals surface area contributed by atoms with Crippen LogP contribution < -0.4 is 5.32 Å². The van der Waals surface area contributed by atoms with E-state index in [0.29, 0.717) is 5.92 Å². The molecule has 0 saturated carbocycles. The van der Waals surface area contributed by atoms with E-state index in [1.807, 2.05) is 13.8 Å². The van der Waals surface area contributed by atoms with E-state index in [-0.39, 0.29) is 5.54 Å². The van der Waals surface area contributed by atoms with Crippen molar-refractivity contribution in [2.24, 2.45) is 5.92 Å². The van der Waals surface area contributed by atoms with Gasteiger partial charge in [-0.1, -0.05) is 19.8 Å². The van der Waals surface area contributed by atoms with Crippen LogP contribution in [0.4, 0.5) is 0 Å². The molecule has 0 amide bonds. The first-order valence-corrected chi connectivity index (χ1v) is 3.71. The average Bonchev–Trinajstić information content (AvgIpc) is 1.85. The Kier molecular flexibility index (Phi) is 3.46. The first-order chi connectivity index (χ1) is 4.48. The first-order valence-electron chi connectivity index (χ1n) is 3.71. The van der Waals surface area contributed by atoms with E-state index in [1.165, 1.54) is 0 Å². The molecular formula is C9H17N. The van der Waals surface area contributed by atoms with Gasteiger partial charge in [0, 0.05) is 0 Å². The molecule has 0 heterocycles. The highest BCUT2D eigenvalue weighted by Gasteiger charge is 2.11. The highest BCUT2D eigenvalue weighted by Crippen LogP contribution is 1.99. The maximum Gasteiger partial charge on any atom is 0.0741 e. The molecule has 0 aliphatic carbocycles. The Labute approximate surface area is 64.2 Å². The van der Waals surface area contributed by atoms with Crippen molar-refractivity contribution in [3.8, 4) is 12.3 Å². The molecule has 0 bridgehead atoms. The SMILES string of the molecule is C#CC(C)(C)NCC(C)C. The molecule has 58 valence electrons. The number of rotatable bonds is 3. The van der Waals surface area contributed by atoms with Crippen LogP contribution in [0, 0.1) is 18.3 Å². The molecule has 0 atom stereocenters. The van der Waals surface area contributed by atoms with Crippen LogP contribution in [0.5, 0.6) is 0 Å². The summed E-state index contributed by atoms with van der Waals surface area (Å²) in [4.78, 5) is 0. The van der Waals surface area contributed by atoms with Crippen molar-refractivity contribution in [2.75, 3.05) is 6.54 Å². The van der Waals surface area contributed by atoms with Crippen LogP contribution in [0.15, 0.2) is 0 Å². The van der Waals surface area contributed by atoms with Crippen molar-refractivity contribution >= 4 is 0 Å². The molecule has 0 unspecified atom stereocenters. The minimum absolute atomic E-state index is 0.149. The zero-order chi connectivity index (χ0) is 8.20. The largest absolute Gasteiger partial charge is 0.301 e. The summed E-state index contributed by atoms with van der Waals surface area (Å²) in [5, 5.41) is 3.27. The van der Waals surface area contributed by atoms with Crippen molar-refractivity contribution in [1.29, 1.82) is 0 Å². The molecule has 10 heavy (non-hydrogen) atoms. The van der Waals surface area contributed by atoms with Gasteiger partial charge in [0.15, 0.2) is 0 Å². The summed E-state index contributed by atoms with van der Waals surface area (Å²) in [5.74, 6) is 3.35.